The number of nitrogens with zero attached hydrogens (tertiary/aromatic N) is 2. The van der Waals surface area contributed by atoms with E-state index in [4.69, 9.17) is 9.47 Å². The highest BCUT2D eigenvalue weighted by molar-refractivity contribution is 5.94. The summed E-state index contributed by atoms with van der Waals surface area (Å²) in [5, 5.41) is 7.13. The summed E-state index contributed by atoms with van der Waals surface area (Å²) in [4.78, 5) is 31.8. The molecule has 43 heavy (non-hydrogen) atoms. The van der Waals surface area contributed by atoms with Gasteiger partial charge in [0.15, 0.2) is 0 Å². The zero-order valence-electron chi connectivity index (χ0n) is 29.0. The molecular formula is C35H60N4O4. The predicted molar refractivity (Wildman–Crippen MR) is 176 cm³/mol. The first-order chi connectivity index (χ1) is 20.1. The third-order valence-electron chi connectivity index (χ3n) is 9.18. The van der Waals surface area contributed by atoms with Gasteiger partial charge in [-0.2, -0.15) is 0 Å². The topological polar surface area (TPSA) is 83.1 Å². The van der Waals surface area contributed by atoms with Crippen LogP contribution in [0.3, 0.4) is 0 Å². The Morgan fingerprint density at radius 2 is 1.56 bits per heavy atom. The zero-order chi connectivity index (χ0) is 32.5. The molecular weight excluding hydrogens is 540 g/mol. The Kier molecular flexibility index (Phi) is 13.9. The van der Waals surface area contributed by atoms with Crippen molar-refractivity contribution in [3.63, 3.8) is 0 Å². The minimum Gasteiger partial charge on any atom is -0.383 e. The molecule has 1 aliphatic heterocycles. The van der Waals surface area contributed by atoms with Gasteiger partial charge in [-0.15, -0.1) is 0 Å². The first kappa shape index (κ1) is 36.9. The van der Waals surface area contributed by atoms with Crippen LogP contribution in [0.2, 0.25) is 0 Å². The van der Waals surface area contributed by atoms with E-state index >= 15 is 0 Å². The van der Waals surface area contributed by atoms with Crippen LogP contribution in [0.4, 0.5) is 0 Å². The van der Waals surface area contributed by atoms with Gasteiger partial charge in [0, 0.05) is 44.8 Å². The van der Waals surface area contributed by atoms with Gasteiger partial charge >= 0.3 is 0 Å². The van der Waals surface area contributed by atoms with Gasteiger partial charge in [0.1, 0.15) is 0 Å². The van der Waals surface area contributed by atoms with Crippen LogP contribution in [0, 0.1) is 11.3 Å². The average molecular weight is 601 g/mol. The number of methoxy groups -OCH3 is 2. The van der Waals surface area contributed by atoms with Crippen molar-refractivity contribution in [3.05, 3.63) is 47.5 Å². The molecule has 1 aliphatic rings. The predicted octanol–water partition coefficient (Wildman–Crippen LogP) is 4.64. The zero-order valence-corrected chi connectivity index (χ0v) is 29.0. The maximum absolute atomic E-state index is 14.2. The van der Waals surface area contributed by atoms with Crippen molar-refractivity contribution >= 4 is 11.8 Å². The Morgan fingerprint density at radius 1 is 1.02 bits per heavy atom. The Labute approximate surface area is 261 Å². The lowest BCUT2D eigenvalue weighted by Crippen LogP contribution is -2.59. The van der Waals surface area contributed by atoms with Crippen molar-refractivity contribution in [2.75, 3.05) is 48.1 Å². The molecule has 1 saturated heterocycles. The van der Waals surface area contributed by atoms with Crippen molar-refractivity contribution in [2.45, 2.75) is 104 Å². The summed E-state index contributed by atoms with van der Waals surface area (Å²) in [6.07, 6.45) is 3.76. The van der Waals surface area contributed by atoms with Crippen molar-refractivity contribution < 1.29 is 19.1 Å². The van der Waals surface area contributed by atoms with Crippen molar-refractivity contribution in [3.8, 4) is 0 Å². The number of hydrogen-bond donors (Lipinski definition) is 2. The number of amides is 2. The van der Waals surface area contributed by atoms with Gasteiger partial charge in [0.05, 0.1) is 37.4 Å². The molecule has 5 atom stereocenters. The number of carbonyl (C=O) groups excluding carboxylic acids is 2. The maximum atomic E-state index is 14.2. The van der Waals surface area contributed by atoms with Gasteiger partial charge < -0.3 is 29.9 Å². The lowest BCUT2D eigenvalue weighted by molar-refractivity contribution is -0.137. The molecule has 2 N–H and O–H groups in total. The molecule has 1 aromatic rings. The summed E-state index contributed by atoms with van der Waals surface area (Å²) in [6, 6.07) is 9.97. The highest BCUT2D eigenvalue weighted by Crippen LogP contribution is 2.30. The summed E-state index contributed by atoms with van der Waals surface area (Å²) >= 11 is 0. The number of benzene rings is 1. The molecule has 0 spiro atoms. The van der Waals surface area contributed by atoms with Gasteiger partial charge in [-0.05, 0) is 43.7 Å². The number of likely N-dealkylation sites (tertiary alicyclic amines) is 1. The van der Waals surface area contributed by atoms with E-state index in [0.29, 0.717) is 25.3 Å². The summed E-state index contributed by atoms with van der Waals surface area (Å²) in [5.74, 6) is 0.117. The Balaban J connectivity index is 2.30. The molecule has 4 unspecified atom stereocenters. The molecule has 1 aromatic carbocycles. The van der Waals surface area contributed by atoms with Crippen LogP contribution in [-0.4, -0.2) is 99.9 Å². The lowest BCUT2D eigenvalue weighted by Gasteiger charge is -2.40. The number of hydrogen-bond acceptors (Lipinski definition) is 6. The maximum Gasteiger partial charge on any atom is 0.249 e. The van der Waals surface area contributed by atoms with E-state index in [1.807, 2.05) is 43.0 Å². The lowest BCUT2D eigenvalue weighted by atomic mass is 9.77. The van der Waals surface area contributed by atoms with E-state index < -0.39 is 6.04 Å². The molecule has 2 rings (SSSR count). The van der Waals surface area contributed by atoms with E-state index in [9.17, 15) is 9.59 Å². The second-order valence-electron chi connectivity index (χ2n) is 14.2. The monoisotopic (exact) mass is 600 g/mol. The summed E-state index contributed by atoms with van der Waals surface area (Å²) in [6.45, 7) is 18.4. The number of nitrogens with one attached hydrogen (secondary N) is 2. The largest absolute Gasteiger partial charge is 0.383 e. The smallest absolute Gasteiger partial charge is 0.249 e. The fourth-order valence-corrected chi connectivity index (χ4v) is 6.42. The molecule has 8 nitrogen and oxygen atoms in total. The molecule has 0 radical (unpaired) electrons. The van der Waals surface area contributed by atoms with Gasteiger partial charge in [0.2, 0.25) is 11.8 Å². The van der Waals surface area contributed by atoms with Gasteiger partial charge in [-0.3, -0.25) is 9.59 Å². The van der Waals surface area contributed by atoms with Crippen LogP contribution in [-0.2, 0) is 24.5 Å². The molecule has 0 aromatic heterocycles. The van der Waals surface area contributed by atoms with Crippen molar-refractivity contribution in [1.82, 2.24) is 20.4 Å². The highest BCUT2D eigenvalue weighted by atomic mass is 16.5. The van der Waals surface area contributed by atoms with Gasteiger partial charge in [0.25, 0.3) is 0 Å². The van der Waals surface area contributed by atoms with E-state index in [0.717, 1.165) is 12.8 Å². The molecule has 0 aliphatic carbocycles. The van der Waals surface area contributed by atoms with Crippen LogP contribution in [0.25, 0.3) is 0 Å². The summed E-state index contributed by atoms with van der Waals surface area (Å²) < 4.78 is 10.9. The third-order valence-corrected chi connectivity index (χ3v) is 9.18. The number of ether oxygens (including phenoxy) is 2. The number of carbonyl (C=O) groups is 2. The standard InChI is InChI=1S/C35H60N4O4/c1-24(2)29(20-25(3)32(40)39-27(22-42-11)18-19-28(39)23-43-12)38(10)33(41)31(34(4,5)6)37-21-30(36-9)35(7,8)26-16-14-13-15-17-26/h13-17,20,24,27-31,36-37H,18-19,21-23H2,1-12H3/b25-20+/t27-,28?,29?,30?,31?/m0/s1. The molecule has 244 valence electrons. The number of likely N-dealkylation sites (N-methyl/N-ethyl adjacent to an activating group) is 2. The minimum atomic E-state index is -0.415. The Morgan fingerprint density at radius 3 is 2.00 bits per heavy atom. The van der Waals surface area contributed by atoms with E-state index in [2.05, 4.69) is 83.4 Å². The Hall–Kier alpha value is -2.26. The molecule has 2 amide bonds. The summed E-state index contributed by atoms with van der Waals surface area (Å²) in [5.41, 5.74) is 1.41. The van der Waals surface area contributed by atoms with E-state index in [-0.39, 0.29) is 52.7 Å². The number of rotatable bonds is 15. The fourth-order valence-electron chi connectivity index (χ4n) is 6.42. The van der Waals surface area contributed by atoms with Gasteiger partial charge in [-0.1, -0.05) is 84.9 Å². The SMILES string of the molecule is CNC(CNC(C(=O)N(C)C(/C=C(\C)C(=O)N1C(COC)CC[C@H]1COC)C(C)C)C(C)(C)C)C(C)(C)c1ccccc1. The van der Waals surface area contributed by atoms with Crippen LogP contribution in [0.1, 0.15) is 73.8 Å². The minimum absolute atomic E-state index is 0.0152. The summed E-state index contributed by atoms with van der Waals surface area (Å²) in [7, 11) is 7.19. The Bertz CT molecular complexity index is 1040. The molecule has 0 saturated carbocycles. The third kappa shape index (κ3) is 9.37. The van der Waals surface area contributed by atoms with E-state index in [1.54, 1.807) is 14.2 Å². The van der Waals surface area contributed by atoms with Gasteiger partial charge in [-0.25, -0.2) is 0 Å². The van der Waals surface area contributed by atoms with Crippen LogP contribution in [0.5, 0.6) is 0 Å². The molecule has 1 fully saturated rings. The molecule has 0 bridgehead atoms. The quantitative estimate of drug-likeness (QED) is 0.286. The van der Waals surface area contributed by atoms with Crippen LogP contribution < -0.4 is 10.6 Å². The first-order valence-electron chi connectivity index (χ1n) is 15.8. The average Bonchev–Trinajstić information content (AvgIpc) is 3.34. The second kappa shape index (κ2) is 16.2. The molecule has 8 heteroatoms. The van der Waals surface area contributed by atoms with Crippen LogP contribution in [0.15, 0.2) is 42.0 Å². The van der Waals surface area contributed by atoms with E-state index in [1.165, 1.54) is 5.56 Å². The fraction of sp³-hybridized carbons (Fsp3) is 0.714. The van der Waals surface area contributed by atoms with Crippen molar-refractivity contribution in [2.24, 2.45) is 11.3 Å². The van der Waals surface area contributed by atoms with Crippen LogP contribution >= 0.6 is 0 Å². The van der Waals surface area contributed by atoms with Crippen molar-refractivity contribution in [1.29, 1.82) is 0 Å². The highest BCUT2D eigenvalue weighted by Gasteiger charge is 2.40. The second-order valence-corrected chi connectivity index (χ2v) is 14.2. The first-order valence-corrected chi connectivity index (χ1v) is 15.8. The molecule has 1 heterocycles. The normalized spacial score (nSPS) is 20.3.